The van der Waals surface area contributed by atoms with Gasteiger partial charge in [0.25, 0.3) is 0 Å². The molecule has 0 spiro atoms. The highest BCUT2D eigenvalue weighted by Crippen LogP contribution is 2.17. The van der Waals surface area contributed by atoms with E-state index in [-0.39, 0.29) is 11.8 Å². The number of nitrogens with one attached hydrogen (secondary N) is 1. The minimum absolute atomic E-state index is 0.0338. The number of rotatable bonds is 5. The molecule has 27 heavy (non-hydrogen) atoms. The standard InChI is InChI=1S/C22H29N3O2/c1-18-5-9-20(10-6-18)24-14-3-15-25(17-16-24)22(27)23-13-2-4-19-7-11-21(26)12-8-19/h5-12,26H,2-4,13-17H2,1H3,(H,23,27). The fraction of sp³-hybridized carbons (Fsp3) is 0.409. The van der Waals surface area contributed by atoms with E-state index in [1.165, 1.54) is 16.8 Å². The second-order valence-electron chi connectivity index (χ2n) is 7.17. The summed E-state index contributed by atoms with van der Waals surface area (Å²) in [5, 5.41) is 12.3. The zero-order chi connectivity index (χ0) is 19.1. The van der Waals surface area contributed by atoms with Gasteiger partial charge in [0.05, 0.1) is 0 Å². The number of carbonyl (C=O) groups excluding carboxylic acids is 1. The second kappa shape index (κ2) is 9.31. The van der Waals surface area contributed by atoms with E-state index in [4.69, 9.17) is 0 Å². The number of carbonyl (C=O) groups is 1. The van der Waals surface area contributed by atoms with Crippen LogP contribution in [0.2, 0.25) is 0 Å². The van der Waals surface area contributed by atoms with E-state index in [9.17, 15) is 9.90 Å². The zero-order valence-electron chi connectivity index (χ0n) is 16.0. The normalized spacial score (nSPS) is 14.7. The minimum Gasteiger partial charge on any atom is -0.508 e. The van der Waals surface area contributed by atoms with Crippen molar-refractivity contribution in [1.82, 2.24) is 10.2 Å². The highest BCUT2D eigenvalue weighted by Gasteiger charge is 2.18. The van der Waals surface area contributed by atoms with Crippen LogP contribution < -0.4 is 10.2 Å². The summed E-state index contributed by atoms with van der Waals surface area (Å²) >= 11 is 0. The van der Waals surface area contributed by atoms with E-state index in [0.29, 0.717) is 6.54 Å². The Morgan fingerprint density at radius 2 is 1.74 bits per heavy atom. The van der Waals surface area contributed by atoms with E-state index in [2.05, 4.69) is 41.4 Å². The van der Waals surface area contributed by atoms with Crippen molar-refractivity contribution in [3.63, 3.8) is 0 Å². The molecule has 2 aromatic rings. The number of phenols is 1. The Kier molecular flexibility index (Phi) is 6.58. The number of hydrogen-bond acceptors (Lipinski definition) is 3. The van der Waals surface area contributed by atoms with Gasteiger partial charge in [0.1, 0.15) is 5.75 Å². The van der Waals surface area contributed by atoms with Gasteiger partial charge in [-0.15, -0.1) is 0 Å². The molecule has 1 aliphatic heterocycles. The maximum absolute atomic E-state index is 12.5. The first-order chi connectivity index (χ1) is 13.1. The first kappa shape index (κ1) is 19.1. The van der Waals surface area contributed by atoms with Gasteiger partial charge >= 0.3 is 6.03 Å². The summed E-state index contributed by atoms with van der Waals surface area (Å²) in [5.41, 5.74) is 3.67. The molecule has 0 radical (unpaired) electrons. The van der Waals surface area contributed by atoms with Crippen LogP contribution in [0.25, 0.3) is 0 Å². The van der Waals surface area contributed by atoms with Crippen molar-refractivity contribution in [3.05, 3.63) is 59.7 Å². The molecule has 1 aliphatic rings. The first-order valence-corrected chi connectivity index (χ1v) is 9.74. The number of urea groups is 1. The molecule has 5 nitrogen and oxygen atoms in total. The van der Waals surface area contributed by atoms with E-state index in [1.807, 2.05) is 17.0 Å². The van der Waals surface area contributed by atoms with E-state index in [1.54, 1.807) is 12.1 Å². The fourth-order valence-corrected chi connectivity index (χ4v) is 3.40. The number of anilines is 1. The number of amides is 2. The molecule has 1 heterocycles. The highest BCUT2D eigenvalue weighted by molar-refractivity contribution is 5.74. The molecular formula is C22H29N3O2. The van der Waals surface area contributed by atoms with E-state index >= 15 is 0 Å². The van der Waals surface area contributed by atoms with E-state index < -0.39 is 0 Å². The van der Waals surface area contributed by atoms with Crippen LogP contribution in [0.5, 0.6) is 5.75 Å². The molecule has 2 N–H and O–H groups in total. The largest absolute Gasteiger partial charge is 0.508 e. The van der Waals surface area contributed by atoms with Crippen LogP contribution in [-0.2, 0) is 6.42 Å². The van der Waals surface area contributed by atoms with Gasteiger partial charge in [-0.1, -0.05) is 29.8 Å². The second-order valence-corrected chi connectivity index (χ2v) is 7.17. The molecule has 1 saturated heterocycles. The maximum atomic E-state index is 12.5. The van der Waals surface area contributed by atoms with Crippen LogP contribution in [0, 0.1) is 6.92 Å². The molecule has 0 unspecified atom stereocenters. The Morgan fingerprint density at radius 1 is 1.00 bits per heavy atom. The average Bonchev–Trinajstić information content (AvgIpc) is 2.93. The number of nitrogens with zero attached hydrogens (tertiary/aromatic N) is 2. The minimum atomic E-state index is 0.0338. The molecule has 0 atom stereocenters. The van der Waals surface area contributed by atoms with Gasteiger partial charge in [0.2, 0.25) is 0 Å². The monoisotopic (exact) mass is 367 g/mol. The van der Waals surface area contributed by atoms with Gasteiger partial charge in [0, 0.05) is 38.4 Å². The van der Waals surface area contributed by atoms with Gasteiger partial charge in [-0.25, -0.2) is 4.79 Å². The van der Waals surface area contributed by atoms with Crippen LogP contribution in [0.1, 0.15) is 24.0 Å². The van der Waals surface area contributed by atoms with Crippen LogP contribution in [0.4, 0.5) is 10.5 Å². The maximum Gasteiger partial charge on any atom is 0.317 e. The quantitative estimate of drug-likeness (QED) is 0.795. The molecule has 1 fully saturated rings. The summed E-state index contributed by atoms with van der Waals surface area (Å²) in [5.74, 6) is 0.285. The Bertz CT molecular complexity index is 728. The number of benzene rings is 2. The highest BCUT2D eigenvalue weighted by atomic mass is 16.3. The summed E-state index contributed by atoms with van der Waals surface area (Å²) in [6.45, 7) is 6.15. The molecule has 2 aromatic carbocycles. The number of hydrogen-bond donors (Lipinski definition) is 2. The molecular weight excluding hydrogens is 338 g/mol. The van der Waals surface area contributed by atoms with Crippen molar-refractivity contribution in [2.75, 3.05) is 37.6 Å². The number of aryl methyl sites for hydroxylation is 2. The van der Waals surface area contributed by atoms with Crippen molar-refractivity contribution >= 4 is 11.7 Å². The van der Waals surface area contributed by atoms with Crippen molar-refractivity contribution < 1.29 is 9.90 Å². The van der Waals surface area contributed by atoms with Gasteiger partial charge < -0.3 is 20.2 Å². The lowest BCUT2D eigenvalue weighted by Crippen LogP contribution is -2.42. The molecule has 0 saturated carbocycles. The smallest absolute Gasteiger partial charge is 0.317 e. The lowest BCUT2D eigenvalue weighted by atomic mass is 10.1. The van der Waals surface area contributed by atoms with E-state index in [0.717, 1.165) is 45.4 Å². The van der Waals surface area contributed by atoms with Crippen LogP contribution in [0.3, 0.4) is 0 Å². The lowest BCUT2D eigenvalue weighted by Gasteiger charge is -2.24. The predicted molar refractivity (Wildman–Crippen MR) is 109 cm³/mol. The SMILES string of the molecule is Cc1ccc(N2CCCN(C(=O)NCCCc3ccc(O)cc3)CC2)cc1. The molecule has 5 heteroatoms. The average molecular weight is 367 g/mol. The van der Waals surface area contributed by atoms with Gasteiger partial charge in [-0.05, 0) is 56.0 Å². The third-order valence-electron chi connectivity index (χ3n) is 5.04. The van der Waals surface area contributed by atoms with Crippen LogP contribution in [0.15, 0.2) is 48.5 Å². The van der Waals surface area contributed by atoms with Crippen LogP contribution >= 0.6 is 0 Å². The zero-order valence-corrected chi connectivity index (χ0v) is 16.0. The fourth-order valence-electron chi connectivity index (χ4n) is 3.40. The Hall–Kier alpha value is -2.69. The molecule has 0 aromatic heterocycles. The third-order valence-corrected chi connectivity index (χ3v) is 5.04. The van der Waals surface area contributed by atoms with Gasteiger partial charge in [-0.3, -0.25) is 0 Å². The van der Waals surface area contributed by atoms with Crippen molar-refractivity contribution in [2.45, 2.75) is 26.2 Å². The first-order valence-electron chi connectivity index (χ1n) is 9.74. The number of aromatic hydroxyl groups is 1. The summed E-state index contributed by atoms with van der Waals surface area (Å²) < 4.78 is 0. The van der Waals surface area contributed by atoms with Crippen molar-refractivity contribution in [2.24, 2.45) is 0 Å². The summed E-state index contributed by atoms with van der Waals surface area (Å²) in [4.78, 5) is 16.7. The van der Waals surface area contributed by atoms with Gasteiger partial charge in [-0.2, -0.15) is 0 Å². The molecule has 0 aliphatic carbocycles. The molecule has 144 valence electrons. The summed E-state index contributed by atoms with van der Waals surface area (Å²) in [6, 6.07) is 15.9. The summed E-state index contributed by atoms with van der Waals surface area (Å²) in [6.07, 6.45) is 2.76. The molecule has 0 bridgehead atoms. The Morgan fingerprint density at radius 3 is 2.48 bits per heavy atom. The third kappa shape index (κ3) is 5.64. The molecule has 3 rings (SSSR count). The van der Waals surface area contributed by atoms with Crippen molar-refractivity contribution in [3.8, 4) is 5.75 Å². The van der Waals surface area contributed by atoms with Gasteiger partial charge in [0.15, 0.2) is 0 Å². The van der Waals surface area contributed by atoms with Crippen molar-refractivity contribution in [1.29, 1.82) is 0 Å². The lowest BCUT2D eigenvalue weighted by molar-refractivity contribution is 0.201. The topological polar surface area (TPSA) is 55.8 Å². The Balaban J connectivity index is 1.41. The molecule has 2 amide bonds. The predicted octanol–water partition coefficient (Wildman–Crippen LogP) is 3.56. The van der Waals surface area contributed by atoms with Crippen LogP contribution in [-0.4, -0.2) is 48.8 Å². The summed E-state index contributed by atoms with van der Waals surface area (Å²) in [7, 11) is 0. The Labute approximate surface area is 161 Å². The number of phenolic OH excluding ortho intramolecular Hbond substituents is 1.